The fourth-order valence-corrected chi connectivity index (χ4v) is 4.52. The minimum Gasteiger partial charge on any atom is -0.381 e. The second-order valence-corrected chi connectivity index (χ2v) is 7.75. The van der Waals surface area contributed by atoms with Crippen LogP contribution in [0.4, 0.5) is 5.82 Å². The van der Waals surface area contributed by atoms with Crippen molar-refractivity contribution in [3.05, 3.63) is 18.1 Å². The minimum atomic E-state index is 0.0613. The summed E-state index contributed by atoms with van der Waals surface area (Å²) in [6, 6.07) is 1.89. The van der Waals surface area contributed by atoms with Crippen LogP contribution in [-0.2, 0) is 4.74 Å². The van der Waals surface area contributed by atoms with Gasteiger partial charge < -0.3 is 14.5 Å². The molecule has 3 saturated heterocycles. The monoisotopic (exact) mass is 344 g/mol. The molecular formula is C19H28N4O2. The van der Waals surface area contributed by atoms with Gasteiger partial charge >= 0.3 is 0 Å². The first-order valence-corrected chi connectivity index (χ1v) is 9.70. The Labute approximate surface area is 149 Å². The number of aromatic nitrogens is 2. The molecule has 25 heavy (non-hydrogen) atoms. The van der Waals surface area contributed by atoms with E-state index < -0.39 is 0 Å². The van der Waals surface area contributed by atoms with Gasteiger partial charge in [0.05, 0.1) is 0 Å². The van der Waals surface area contributed by atoms with Crippen LogP contribution in [-0.4, -0.2) is 60.2 Å². The number of likely N-dealkylation sites (tertiary alicyclic amines) is 1. The van der Waals surface area contributed by atoms with Crippen molar-refractivity contribution in [1.29, 1.82) is 0 Å². The Morgan fingerprint density at radius 3 is 2.60 bits per heavy atom. The van der Waals surface area contributed by atoms with Crippen LogP contribution in [0.2, 0.25) is 0 Å². The summed E-state index contributed by atoms with van der Waals surface area (Å²) in [6.45, 7) is 5.39. The third-order valence-electron chi connectivity index (χ3n) is 6.05. The highest BCUT2D eigenvalue weighted by Crippen LogP contribution is 2.39. The van der Waals surface area contributed by atoms with Crippen molar-refractivity contribution in [3.8, 4) is 0 Å². The van der Waals surface area contributed by atoms with E-state index in [2.05, 4.69) is 14.9 Å². The fraction of sp³-hybridized carbons (Fsp3) is 0.737. The van der Waals surface area contributed by atoms with Gasteiger partial charge in [-0.2, -0.15) is 0 Å². The van der Waals surface area contributed by atoms with Crippen LogP contribution in [0.3, 0.4) is 0 Å². The highest BCUT2D eigenvalue weighted by atomic mass is 16.5. The van der Waals surface area contributed by atoms with Crippen LogP contribution < -0.4 is 4.90 Å². The number of ether oxygens (including phenoxy) is 1. The Morgan fingerprint density at radius 1 is 1.00 bits per heavy atom. The topological polar surface area (TPSA) is 58.6 Å². The molecule has 136 valence electrons. The van der Waals surface area contributed by atoms with Crippen LogP contribution in [0.15, 0.2) is 12.4 Å². The molecule has 1 aromatic rings. The molecule has 1 aromatic heterocycles. The highest BCUT2D eigenvalue weighted by Gasteiger charge is 2.38. The number of amides is 1. The summed E-state index contributed by atoms with van der Waals surface area (Å²) in [4.78, 5) is 26.0. The fourth-order valence-electron chi connectivity index (χ4n) is 4.52. The molecule has 6 nitrogen and oxygen atoms in total. The first kappa shape index (κ1) is 16.8. The second-order valence-electron chi connectivity index (χ2n) is 7.75. The molecule has 3 aliphatic heterocycles. The molecule has 0 bridgehead atoms. The van der Waals surface area contributed by atoms with Crippen LogP contribution in [0, 0.1) is 5.41 Å². The zero-order chi connectivity index (χ0) is 17.1. The molecule has 3 aliphatic rings. The lowest BCUT2D eigenvalue weighted by molar-refractivity contribution is -0.0230. The van der Waals surface area contributed by atoms with Crippen LogP contribution in [0.1, 0.15) is 55.4 Å². The molecular weight excluding hydrogens is 316 g/mol. The number of piperidine rings is 2. The summed E-state index contributed by atoms with van der Waals surface area (Å²) in [5.41, 5.74) is 0.800. The van der Waals surface area contributed by atoms with E-state index in [1.807, 2.05) is 11.0 Å². The van der Waals surface area contributed by atoms with Gasteiger partial charge in [-0.05, 0) is 50.4 Å². The molecule has 4 rings (SSSR count). The number of anilines is 1. The maximum Gasteiger partial charge on any atom is 0.272 e. The maximum atomic E-state index is 13.0. The normalized spacial score (nSPS) is 23.7. The lowest BCUT2D eigenvalue weighted by Gasteiger charge is -2.45. The van der Waals surface area contributed by atoms with Crippen molar-refractivity contribution in [2.24, 2.45) is 5.41 Å². The third-order valence-corrected chi connectivity index (χ3v) is 6.05. The molecule has 3 fully saturated rings. The Morgan fingerprint density at radius 2 is 1.80 bits per heavy atom. The number of carbonyl (C=O) groups is 1. The van der Waals surface area contributed by atoms with Gasteiger partial charge in [-0.1, -0.05) is 0 Å². The van der Waals surface area contributed by atoms with Crippen molar-refractivity contribution in [3.63, 3.8) is 0 Å². The summed E-state index contributed by atoms with van der Waals surface area (Å²) < 4.78 is 5.53. The molecule has 0 unspecified atom stereocenters. The number of hydrogen-bond donors (Lipinski definition) is 0. The molecule has 0 aliphatic carbocycles. The molecule has 4 heterocycles. The van der Waals surface area contributed by atoms with Crippen LogP contribution in [0.5, 0.6) is 0 Å². The van der Waals surface area contributed by atoms with Gasteiger partial charge in [0.2, 0.25) is 0 Å². The molecule has 6 heteroatoms. The number of hydrogen-bond acceptors (Lipinski definition) is 5. The Hall–Kier alpha value is -1.69. The summed E-state index contributed by atoms with van der Waals surface area (Å²) in [6.07, 6.45) is 9.66. The van der Waals surface area contributed by atoms with Crippen molar-refractivity contribution >= 4 is 11.7 Å². The van der Waals surface area contributed by atoms with E-state index in [0.717, 1.165) is 64.5 Å². The Balaban J connectivity index is 1.48. The average Bonchev–Trinajstić information content (AvgIpc) is 2.69. The lowest BCUT2D eigenvalue weighted by atomic mass is 9.74. The van der Waals surface area contributed by atoms with Gasteiger partial charge in [0.1, 0.15) is 17.8 Å². The van der Waals surface area contributed by atoms with Gasteiger partial charge in [-0.25, -0.2) is 9.97 Å². The number of rotatable bonds is 2. The molecule has 0 aromatic carbocycles. The third kappa shape index (κ3) is 3.64. The Kier molecular flexibility index (Phi) is 4.88. The zero-order valence-corrected chi connectivity index (χ0v) is 15.0. The molecule has 0 saturated carbocycles. The molecule has 0 N–H and O–H groups in total. The smallest absolute Gasteiger partial charge is 0.272 e. The van der Waals surface area contributed by atoms with Crippen molar-refractivity contribution in [2.75, 3.05) is 44.3 Å². The summed E-state index contributed by atoms with van der Waals surface area (Å²) in [7, 11) is 0. The second kappa shape index (κ2) is 7.28. The maximum absolute atomic E-state index is 13.0. The van der Waals surface area contributed by atoms with Crippen molar-refractivity contribution < 1.29 is 9.53 Å². The van der Waals surface area contributed by atoms with Gasteiger partial charge in [0.25, 0.3) is 5.91 Å². The first-order valence-electron chi connectivity index (χ1n) is 9.70. The van der Waals surface area contributed by atoms with Crippen LogP contribution in [0.25, 0.3) is 0 Å². The largest absolute Gasteiger partial charge is 0.381 e. The molecule has 1 spiro atoms. The van der Waals surface area contributed by atoms with E-state index in [4.69, 9.17) is 4.74 Å². The van der Waals surface area contributed by atoms with E-state index in [1.165, 1.54) is 25.7 Å². The van der Waals surface area contributed by atoms with Gasteiger partial charge in [0.15, 0.2) is 0 Å². The summed E-state index contributed by atoms with van der Waals surface area (Å²) in [5, 5.41) is 0. The van der Waals surface area contributed by atoms with Crippen LogP contribution >= 0.6 is 0 Å². The van der Waals surface area contributed by atoms with Gasteiger partial charge in [-0.3, -0.25) is 4.79 Å². The Bertz CT molecular complexity index is 604. The zero-order valence-electron chi connectivity index (χ0n) is 15.0. The predicted molar refractivity (Wildman–Crippen MR) is 95.7 cm³/mol. The predicted octanol–water partition coefficient (Wildman–Crippen LogP) is 2.50. The quantitative estimate of drug-likeness (QED) is 0.825. The molecule has 0 radical (unpaired) electrons. The van der Waals surface area contributed by atoms with E-state index in [0.29, 0.717) is 5.69 Å². The van der Waals surface area contributed by atoms with E-state index in [-0.39, 0.29) is 11.3 Å². The summed E-state index contributed by atoms with van der Waals surface area (Å²) in [5.74, 6) is 0.960. The number of nitrogens with zero attached hydrogens (tertiary/aromatic N) is 4. The number of carbonyl (C=O) groups excluding carboxylic acids is 1. The van der Waals surface area contributed by atoms with Crippen molar-refractivity contribution in [1.82, 2.24) is 14.9 Å². The molecule has 1 amide bonds. The van der Waals surface area contributed by atoms with Gasteiger partial charge in [0, 0.05) is 45.5 Å². The van der Waals surface area contributed by atoms with E-state index >= 15 is 0 Å². The standard InChI is InChI=1S/C19H28N4O2/c24-18(23-10-4-5-19(14-23)6-11-25-12-7-19)16-13-17(21-15-20-16)22-8-2-1-3-9-22/h13,15H,1-12,14H2. The first-order chi connectivity index (χ1) is 12.3. The van der Waals surface area contributed by atoms with E-state index in [9.17, 15) is 4.79 Å². The summed E-state index contributed by atoms with van der Waals surface area (Å²) >= 11 is 0. The van der Waals surface area contributed by atoms with E-state index in [1.54, 1.807) is 6.33 Å². The highest BCUT2D eigenvalue weighted by molar-refractivity contribution is 5.93. The lowest BCUT2D eigenvalue weighted by Crippen LogP contribution is -2.48. The van der Waals surface area contributed by atoms with Crippen molar-refractivity contribution in [2.45, 2.75) is 44.9 Å². The minimum absolute atomic E-state index is 0.0613. The SMILES string of the molecule is O=C(c1cc(N2CCCCC2)ncn1)N1CCCC2(CCOCC2)C1. The van der Waals surface area contributed by atoms with Gasteiger partial charge in [-0.15, -0.1) is 0 Å². The molecule has 0 atom stereocenters. The average molecular weight is 344 g/mol.